The fourth-order valence-corrected chi connectivity index (χ4v) is 2.72. The van der Waals surface area contributed by atoms with Gasteiger partial charge in [0, 0.05) is 19.1 Å². The van der Waals surface area contributed by atoms with Crippen molar-refractivity contribution in [3.63, 3.8) is 0 Å². The Balaban J connectivity index is 1.76. The molecule has 0 bridgehead atoms. The number of carbonyl (C=O) groups is 2. The second kappa shape index (κ2) is 7.66. The minimum absolute atomic E-state index is 0.0125. The van der Waals surface area contributed by atoms with Gasteiger partial charge in [0.25, 0.3) is 5.91 Å². The molecule has 0 unspecified atom stereocenters. The number of alkyl halides is 2. The van der Waals surface area contributed by atoms with Gasteiger partial charge >= 0.3 is 0 Å². The Morgan fingerprint density at radius 2 is 1.81 bits per heavy atom. The molecule has 2 rings (SSSR count). The van der Waals surface area contributed by atoms with E-state index >= 15 is 0 Å². The summed E-state index contributed by atoms with van der Waals surface area (Å²) in [7, 11) is 0. The molecule has 0 aliphatic carbocycles. The van der Waals surface area contributed by atoms with E-state index in [1.807, 2.05) is 30.3 Å². The Kier molecular flexibility index (Phi) is 5.88. The normalized spacial score (nSPS) is 16.0. The van der Waals surface area contributed by atoms with Crippen molar-refractivity contribution in [1.29, 1.82) is 0 Å². The highest BCUT2D eigenvalue weighted by Crippen LogP contribution is 2.15. The van der Waals surface area contributed by atoms with Crippen LogP contribution in [0.25, 0.3) is 0 Å². The fourth-order valence-electron chi connectivity index (χ4n) is 2.44. The summed E-state index contributed by atoms with van der Waals surface area (Å²) in [6.07, 6.45) is 1.84. The summed E-state index contributed by atoms with van der Waals surface area (Å²) in [6.45, 7) is 1.15. The molecule has 0 spiro atoms. The maximum atomic E-state index is 12.0. The van der Waals surface area contributed by atoms with Crippen LogP contribution in [0, 0.1) is 0 Å². The van der Waals surface area contributed by atoms with Crippen LogP contribution < -0.4 is 5.32 Å². The van der Waals surface area contributed by atoms with Crippen molar-refractivity contribution < 1.29 is 9.59 Å². The van der Waals surface area contributed by atoms with E-state index in [-0.39, 0.29) is 17.9 Å². The van der Waals surface area contributed by atoms with E-state index < -0.39 is 4.84 Å². The van der Waals surface area contributed by atoms with Gasteiger partial charge < -0.3 is 10.2 Å². The van der Waals surface area contributed by atoms with Gasteiger partial charge in [-0.25, -0.2) is 0 Å². The molecule has 6 heteroatoms. The number of nitrogens with zero attached hydrogens (tertiary/aromatic N) is 1. The summed E-state index contributed by atoms with van der Waals surface area (Å²) < 4.78 is 0. The number of benzene rings is 1. The largest absolute Gasteiger partial charge is 0.353 e. The number of hydrogen-bond donors (Lipinski definition) is 1. The molecular formula is C15H18Cl2N2O2. The second-order valence-corrected chi connectivity index (χ2v) is 6.23. The number of amides is 2. The van der Waals surface area contributed by atoms with Crippen molar-refractivity contribution in [3.8, 4) is 0 Å². The highest BCUT2D eigenvalue weighted by atomic mass is 35.5. The van der Waals surface area contributed by atoms with Gasteiger partial charge in [-0.2, -0.15) is 0 Å². The minimum atomic E-state index is -1.01. The first-order valence-electron chi connectivity index (χ1n) is 6.96. The topological polar surface area (TPSA) is 49.4 Å². The number of rotatable bonds is 4. The van der Waals surface area contributed by atoms with E-state index in [1.165, 1.54) is 0 Å². The molecule has 2 amide bonds. The molecule has 1 fully saturated rings. The summed E-state index contributed by atoms with van der Waals surface area (Å²) in [5, 5.41) is 3.01. The molecule has 0 atom stereocenters. The summed E-state index contributed by atoms with van der Waals surface area (Å²) in [4.78, 5) is 24.3. The summed E-state index contributed by atoms with van der Waals surface area (Å²) in [5.74, 6) is -0.245. The van der Waals surface area contributed by atoms with Crippen LogP contribution in [0.5, 0.6) is 0 Å². The van der Waals surface area contributed by atoms with Crippen LogP contribution in [0.15, 0.2) is 30.3 Å². The Morgan fingerprint density at radius 1 is 1.19 bits per heavy atom. The summed E-state index contributed by atoms with van der Waals surface area (Å²) in [6, 6.07) is 9.73. The van der Waals surface area contributed by atoms with Gasteiger partial charge in [-0.3, -0.25) is 9.59 Å². The fraction of sp³-hybridized carbons (Fsp3) is 0.467. The number of piperidine rings is 1. The van der Waals surface area contributed by atoms with E-state index in [1.54, 1.807) is 4.90 Å². The molecule has 0 saturated carbocycles. The Bertz CT molecular complexity index is 486. The first-order chi connectivity index (χ1) is 10.1. The molecule has 1 heterocycles. The van der Waals surface area contributed by atoms with Gasteiger partial charge in [-0.15, -0.1) is 0 Å². The van der Waals surface area contributed by atoms with E-state index in [4.69, 9.17) is 23.2 Å². The Hall–Kier alpha value is -1.26. The van der Waals surface area contributed by atoms with Crippen LogP contribution in [-0.4, -0.2) is 40.7 Å². The molecule has 0 aromatic heterocycles. The predicted molar refractivity (Wildman–Crippen MR) is 83.4 cm³/mol. The first kappa shape index (κ1) is 16.1. The molecule has 114 valence electrons. The van der Waals surface area contributed by atoms with E-state index in [9.17, 15) is 9.59 Å². The quantitative estimate of drug-likeness (QED) is 0.861. The van der Waals surface area contributed by atoms with Crippen LogP contribution in [0.1, 0.15) is 18.4 Å². The van der Waals surface area contributed by atoms with Crippen molar-refractivity contribution in [2.24, 2.45) is 0 Å². The maximum absolute atomic E-state index is 12.0. The zero-order valence-electron chi connectivity index (χ0n) is 11.6. The molecular weight excluding hydrogens is 311 g/mol. The number of likely N-dealkylation sites (tertiary alicyclic amines) is 1. The third kappa shape index (κ3) is 4.90. The zero-order valence-corrected chi connectivity index (χ0v) is 13.1. The molecule has 1 aliphatic heterocycles. The molecule has 0 radical (unpaired) electrons. The van der Waals surface area contributed by atoms with Crippen LogP contribution in [0.3, 0.4) is 0 Å². The average molecular weight is 329 g/mol. The SMILES string of the molecule is O=C(Cc1ccccc1)NC1CCN(C(=O)C(Cl)Cl)CC1. The van der Waals surface area contributed by atoms with Crippen LogP contribution in [0.4, 0.5) is 0 Å². The van der Waals surface area contributed by atoms with Crippen LogP contribution in [0.2, 0.25) is 0 Å². The Labute approximate surface area is 134 Å². The number of halogens is 2. The van der Waals surface area contributed by atoms with Gasteiger partial charge in [-0.05, 0) is 18.4 Å². The van der Waals surface area contributed by atoms with Gasteiger partial charge in [-0.1, -0.05) is 53.5 Å². The average Bonchev–Trinajstić information content (AvgIpc) is 2.48. The molecule has 1 aromatic carbocycles. The van der Waals surface area contributed by atoms with Crippen molar-refractivity contribution in [2.75, 3.05) is 13.1 Å². The monoisotopic (exact) mass is 328 g/mol. The number of nitrogens with one attached hydrogen (secondary N) is 1. The summed E-state index contributed by atoms with van der Waals surface area (Å²) >= 11 is 11.2. The standard InChI is InChI=1S/C15H18Cl2N2O2/c16-14(17)15(21)19-8-6-12(7-9-19)18-13(20)10-11-4-2-1-3-5-11/h1-5,12,14H,6-10H2,(H,18,20). The molecule has 1 aliphatic rings. The lowest BCUT2D eigenvalue weighted by Gasteiger charge is -2.32. The lowest BCUT2D eigenvalue weighted by atomic mass is 10.0. The minimum Gasteiger partial charge on any atom is -0.353 e. The van der Waals surface area contributed by atoms with Crippen molar-refractivity contribution in [1.82, 2.24) is 10.2 Å². The highest BCUT2D eigenvalue weighted by Gasteiger charge is 2.26. The number of hydrogen-bond acceptors (Lipinski definition) is 2. The maximum Gasteiger partial charge on any atom is 0.255 e. The summed E-state index contributed by atoms with van der Waals surface area (Å²) in [5.41, 5.74) is 0.995. The van der Waals surface area contributed by atoms with E-state index in [2.05, 4.69) is 5.32 Å². The van der Waals surface area contributed by atoms with Crippen LogP contribution in [-0.2, 0) is 16.0 Å². The van der Waals surface area contributed by atoms with Crippen LogP contribution >= 0.6 is 23.2 Å². The molecule has 4 nitrogen and oxygen atoms in total. The molecule has 1 aromatic rings. The molecule has 1 saturated heterocycles. The lowest BCUT2D eigenvalue weighted by Crippen LogP contribution is -2.48. The highest BCUT2D eigenvalue weighted by molar-refractivity contribution is 6.53. The Morgan fingerprint density at radius 3 is 2.38 bits per heavy atom. The van der Waals surface area contributed by atoms with Gasteiger partial charge in [0.1, 0.15) is 0 Å². The number of carbonyl (C=O) groups excluding carboxylic acids is 2. The second-order valence-electron chi connectivity index (χ2n) is 5.13. The van der Waals surface area contributed by atoms with Crippen molar-refractivity contribution >= 4 is 35.0 Å². The van der Waals surface area contributed by atoms with E-state index in [0.29, 0.717) is 19.5 Å². The predicted octanol–water partition coefficient (Wildman–Crippen LogP) is 2.14. The molecule has 1 N–H and O–H groups in total. The lowest BCUT2D eigenvalue weighted by molar-refractivity contribution is -0.130. The smallest absolute Gasteiger partial charge is 0.255 e. The van der Waals surface area contributed by atoms with Gasteiger partial charge in [0.2, 0.25) is 5.91 Å². The van der Waals surface area contributed by atoms with Gasteiger partial charge in [0.15, 0.2) is 4.84 Å². The first-order valence-corrected chi connectivity index (χ1v) is 7.84. The van der Waals surface area contributed by atoms with Gasteiger partial charge in [0.05, 0.1) is 6.42 Å². The van der Waals surface area contributed by atoms with Crippen molar-refractivity contribution in [2.45, 2.75) is 30.1 Å². The molecule has 21 heavy (non-hydrogen) atoms. The third-order valence-electron chi connectivity index (χ3n) is 3.57. The zero-order chi connectivity index (χ0) is 15.2. The van der Waals surface area contributed by atoms with Crippen molar-refractivity contribution in [3.05, 3.63) is 35.9 Å². The van der Waals surface area contributed by atoms with E-state index in [0.717, 1.165) is 18.4 Å². The third-order valence-corrected chi connectivity index (χ3v) is 3.94.